The zero-order valence-electron chi connectivity index (χ0n) is 16.8. The predicted molar refractivity (Wildman–Crippen MR) is 118 cm³/mol. The number of nitrogens with two attached hydrogens (primary N) is 1. The SMILES string of the molecule is Nc1cccc(OCC2CC(c3ccc(OCCOc4ccccc4)cc3)NN2)c1. The van der Waals surface area contributed by atoms with Crippen LogP contribution in [0.5, 0.6) is 17.2 Å². The monoisotopic (exact) mass is 405 g/mol. The molecule has 0 amide bonds. The van der Waals surface area contributed by atoms with E-state index in [1.165, 1.54) is 5.56 Å². The van der Waals surface area contributed by atoms with Gasteiger partial charge >= 0.3 is 0 Å². The lowest BCUT2D eigenvalue weighted by molar-refractivity contribution is 0.217. The highest BCUT2D eigenvalue weighted by molar-refractivity contribution is 5.43. The second-order valence-corrected chi connectivity index (χ2v) is 7.24. The Morgan fingerprint density at radius 3 is 2.17 bits per heavy atom. The van der Waals surface area contributed by atoms with E-state index in [4.69, 9.17) is 19.9 Å². The van der Waals surface area contributed by atoms with Crippen LogP contribution in [0, 0.1) is 0 Å². The summed E-state index contributed by atoms with van der Waals surface area (Å²) in [6.07, 6.45) is 0.938. The average molecular weight is 405 g/mol. The van der Waals surface area contributed by atoms with Crippen LogP contribution in [0.3, 0.4) is 0 Å². The van der Waals surface area contributed by atoms with Crippen molar-refractivity contribution in [3.63, 3.8) is 0 Å². The zero-order chi connectivity index (χ0) is 20.6. The molecule has 4 N–H and O–H groups in total. The molecule has 0 aromatic heterocycles. The van der Waals surface area contributed by atoms with E-state index in [2.05, 4.69) is 23.0 Å². The molecular weight excluding hydrogens is 378 g/mol. The van der Waals surface area contributed by atoms with Gasteiger partial charge in [0.25, 0.3) is 0 Å². The number of hydrogen-bond donors (Lipinski definition) is 3. The van der Waals surface area contributed by atoms with E-state index >= 15 is 0 Å². The number of ether oxygens (including phenoxy) is 3. The summed E-state index contributed by atoms with van der Waals surface area (Å²) in [5.41, 5.74) is 14.4. The molecule has 0 bridgehead atoms. The molecule has 30 heavy (non-hydrogen) atoms. The van der Waals surface area contributed by atoms with Crippen molar-refractivity contribution < 1.29 is 14.2 Å². The Hall–Kier alpha value is -3.22. The molecule has 1 aliphatic heterocycles. The van der Waals surface area contributed by atoms with Gasteiger partial charge in [-0.2, -0.15) is 0 Å². The predicted octanol–water partition coefficient (Wildman–Crippen LogP) is 3.71. The number of nitrogens with one attached hydrogen (secondary N) is 2. The number of benzene rings is 3. The Balaban J connectivity index is 1.19. The van der Waals surface area contributed by atoms with E-state index in [0.717, 1.165) is 23.7 Å². The fourth-order valence-corrected chi connectivity index (χ4v) is 3.38. The highest BCUT2D eigenvalue weighted by Gasteiger charge is 2.25. The number of anilines is 1. The van der Waals surface area contributed by atoms with Crippen LogP contribution in [0.1, 0.15) is 18.0 Å². The van der Waals surface area contributed by atoms with E-state index in [1.807, 2.05) is 66.7 Å². The third-order valence-corrected chi connectivity index (χ3v) is 4.94. The van der Waals surface area contributed by atoms with Crippen LogP contribution < -0.4 is 30.8 Å². The average Bonchev–Trinajstić information content (AvgIpc) is 3.26. The first-order valence-electron chi connectivity index (χ1n) is 10.2. The van der Waals surface area contributed by atoms with Crippen molar-refractivity contribution >= 4 is 5.69 Å². The normalized spacial score (nSPS) is 18.1. The van der Waals surface area contributed by atoms with Crippen LogP contribution in [0.2, 0.25) is 0 Å². The summed E-state index contributed by atoms with van der Waals surface area (Å²) in [5, 5.41) is 0. The second kappa shape index (κ2) is 10.0. The van der Waals surface area contributed by atoms with Crippen molar-refractivity contribution in [3.8, 4) is 17.2 Å². The Kier molecular flexibility index (Phi) is 6.69. The smallest absolute Gasteiger partial charge is 0.122 e. The first kappa shape index (κ1) is 20.1. The number of hydrazine groups is 1. The lowest BCUT2D eigenvalue weighted by atomic mass is 10.0. The maximum atomic E-state index is 5.85. The Labute approximate surface area is 176 Å². The van der Waals surface area contributed by atoms with Crippen LogP contribution >= 0.6 is 0 Å². The minimum atomic E-state index is 0.225. The molecule has 0 spiro atoms. The molecule has 4 rings (SSSR count). The van der Waals surface area contributed by atoms with Crippen molar-refractivity contribution in [2.75, 3.05) is 25.6 Å². The molecule has 0 aliphatic carbocycles. The summed E-state index contributed by atoms with van der Waals surface area (Å²) in [6, 6.07) is 25.9. The molecule has 1 saturated heterocycles. The van der Waals surface area contributed by atoms with Gasteiger partial charge in [0.05, 0.1) is 6.04 Å². The minimum Gasteiger partial charge on any atom is -0.492 e. The molecule has 3 aromatic rings. The van der Waals surface area contributed by atoms with Gasteiger partial charge in [-0.1, -0.05) is 36.4 Å². The second-order valence-electron chi connectivity index (χ2n) is 7.24. The van der Waals surface area contributed by atoms with Gasteiger partial charge in [-0.25, -0.2) is 5.43 Å². The quantitative estimate of drug-likeness (QED) is 0.372. The van der Waals surface area contributed by atoms with Crippen molar-refractivity contribution in [2.24, 2.45) is 0 Å². The molecule has 6 nitrogen and oxygen atoms in total. The molecule has 2 atom stereocenters. The highest BCUT2D eigenvalue weighted by Crippen LogP contribution is 2.25. The first-order valence-corrected chi connectivity index (χ1v) is 10.2. The molecule has 1 heterocycles. The van der Waals surface area contributed by atoms with E-state index in [9.17, 15) is 0 Å². The summed E-state index contributed by atoms with van der Waals surface area (Å²) in [5.74, 6) is 2.48. The number of para-hydroxylation sites is 1. The fraction of sp³-hybridized carbons (Fsp3) is 0.250. The van der Waals surface area contributed by atoms with Gasteiger partial charge < -0.3 is 19.9 Å². The van der Waals surface area contributed by atoms with Crippen molar-refractivity contribution in [1.82, 2.24) is 10.9 Å². The standard InChI is InChI=1S/C24H27N3O3/c25-19-5-4-8-23(15-19)30-17-20-16-24(27-26-20)18-9-11-22(12-10-18)29-14-13-28-21-6-2-1-3-7-21/h1-12,15,20,24,26-27H,13-14,16-17,25H2. The van der Waals surface area contributed by atoms with Gasteiger partial charge in [0, 0.05) is 17.8 Å². The van der Waals surface area contributed by atoms with E-state index in [-0.39, 0.29) is 12.1 Å². The van der Waals surface area contributed by atoms with E-state index in [0.29, 0.717) is 25.5 Å². The van der Waals surface area contributed by atoms with Gasteiger partial charge in [0.15, 0.2) is 0 Å². The summed E-state index contributed by atoms with van der Waals surface area (Å²) in [7, 11) is 0. The van der Waals surface area contributed by atoms with E-state index < -0.39 is 0 Å². The largest absolute Gasteiger partial charge is 0.492 e. The number of rotatable bonds is 9. The first-order chi connectivity index (χ1) is 14.8. The molecule has 6 heteroatoms. The summed E-state index contributed by atoms with van der Waals surface area (Å²) >= 11 is 0. The van der Waals surface area contributed by atoms with Gasteiger partial charge in [0.1, 0.15) is 37.1 Å². The molecule has 156 valence electrons. The van der Waals surface area contributed by atoms with E-state index in [1.54, 1.807) is 0 Å². The van der Waals surface area contributed by atoms with Crippen LogP contribution in [0.4, 0.5) is 5.69 Å². The molecule has 0 saturated carbocycles. The fourth-order valence-electron chi connectivity index (χ4n) is 3.38. The molecule has 1 fully saturated rings. The zero-order valence-corrected chi connectivity index (χ0v) is 16.8. The summed E-state index contributed by atoms with van der Waals surface area (Å²) in [4.78, 5) is 0. The Morgan fingerprint density at radius 1 is 0.733 bits per heavy atom. The molecule has 0 radical (unpaired) electrons. The Bertz CT molecular complexity index is 918. The van der Waals surface area contributed by atoms with Crippen molar-refractivity contribution in [1.29, 1.82) is 0 Å². The van der Waals surface area contributed by atoms with Gasteiger partial charge in [-0.05, 0) is 48.4 Å². The lowest BCUT2D eigenvalue weighted by Crippen LogP contribution is -2.34. The molecule has 3 aromatic carbocycles. The topological polar surface area (TPSA) is 77.8 Å². The molecule has 2 unspecified atom stereocenters. The van der Waals surface area contributed by atoms with Crippen LogP contribution in [-0.2, 0) is 0 Å². The maximum absolute atomic E-state index is 5.85. The molecule has 1 aliphatic rings. The number of hydrogen-bond acceptors (Lipinski definition) is 6. The van der Waals surface area contributed by atoms with Crippen molar-refractivity contribution in [3.05, 3.63) is 84.4 Å². The minimum absolute atomic E-state index is 0.225. The lowest BCUT2D eigenvalue weighted by Gasteiger charge is -2.12. The van der Waals surface area contributed by atoms with Crippen molar-refractivity contribution in [2.45, 2.75) is 18.5 Å². The summed E-state index contributed by atoms with van der Waals surface area (Å²) < 4.78 is 17.3. The Morgan fingerprint density at radius 2 is 1.43 bits per heavy atom. The maximum Gasteiger partial charge on any atom is 0.122 e. The highest BCUT2D eigenvalue weighted by atomic mass is 16.5. The van der Waals surface area contributed by atoms with Crippen LogP contribution in [-0.4, -0.2) is 25.9 Å². The van der Waals surface area contributed by atoms with Gasteiger partial charge in [-0.15, -0.1) is 0 Å². The molecular formula is C24H27N3O3. The third kappa shape index (κ3) is 5.65. The van der Waals surface area contributed by atoms with Crippen LogP contribution in [0.25, 0.3) is 0 Å². The third-order valence-electron chi connectivity index (χ3n) is 4.94. The van der Waals surface area contributed by atoms with Gasteiger partial charge in [0.2, 0.25) is 0 Å². The van der Waals surface area contributed by atoms with Crippen LogP contribution in [0.15, 0.2) is 78.9 Å². The van der Waals surface area contributed by atoms with Gasteiger partial charge in [-0.3, -0.25) is 5.43 Å². The summed E-state index contributed by atoms with van der Waals surface area (Å²) in [6.45, 7) is 1.59. The number of nitrogen functional groups attached to an aromatic ring is 1.